The van der Waals surface area contributed by atoms with Crippen molar-refractivity contribution < 1.29 is 19.4 Å². The quantitative estimate of drug-likeness (QED) is 0.772. The van der Waals surface area contributed by atoms with Crippen LogP contribution in [0.25, 0.3) is 0 Å². The Morgan fingerprint density at radius 1 is 1.41 bits per heavy atom. The third-order valence-corrected chi connectivity index (χ3v) is 3.71. The van der Waals surface area contributed by atoms with E-state index in [1.54, 1.807) is 0 Å². The number of ether oxygens (including phenoxy) is 1. The fraction of sp³-hybridized carbons (Fsp3) is 0.833. The molecule has 2 unspecified atom stereocenters. The second-order valence-electron chi connectivity index (χ2n) is 5.21. The molecule has 2 fully saturated rings. The highest BCUT2D eigenvalue weighted by atomic mass is 16.5. The van der Waals surface area contributed by atoms with E-state index in [-0.39, 0.29) is 18.4 Å². The molecule has 17 heavy (non-hydrogen) atoms. The highest BCUT2D eigenvalue weighted by Gasteiger charge is 2.42. The molecule has 2 rings (SSSR count). The number of carboxylic acid groups (broad SMARTS) is 1. The third-order valence-electron chi connectivity index (χ3n) is 3.71. The zero-order valence-corrected chi connectivity index (χ0v) is 10.1. The molecule has 5 nitrogen and oxygen atoms in total. The first-order valence-corrected chi connectivity index (χ1v) is 6.20. The van der Waals surface area contributed by atoms with E-state index in [1.165, 1.54) is 0 Å². The molecule has 1 saturated heterocycles. The second-order valence-corrected chi connectivity index (χ2v) is 5.21. The van der Waals surface area contributed by atoms with E-state index in [0.29, 0.717) is 0 Å². The Hall–Kier alpha value is -1.10. The van der Waals surface area contributed by atoms with Crippen LogP contribution in [0.1, 0.15) is 45.4 Å². The summed E-state index contributed by atoms with van der Waals surface area (Å²) in [5, 5.41) is 11.7. The summed E-state index contributed by atoms with van der Waals surface area (Å²) in [6.07, 6.45) is 3.87. The number of hydrogen-bond donors (Lipinski definition) is 2. The standard InChI is InChI=1S/C12H19NO4/c1-8-3-4-9(17-8)11(16)13-12(5-2-6-12)7-10(14)15/h8-9H,2-7H2,1H3,(H,13,16)(H,14,15). The molecule has 2 atom stereocenters. The smallest absolute Gasteiger partial charge is 0.305 e. The number of carboxylic acids is 1. The number of hydrogen-bond acceptors (Lipinski definition) is 3. The maximum atomic E-state index is 12.0. The lowest BCUT2D eigenvalue weighted by atomic mass is 9.74. The van der Waals surface area contributed by atoms with Crippen LogP contribution in [0.3, 0.4) is 0 Å². The Labute approximate surface area is 101 Å². The predicted octanol–water partition coefficient (Wildman–Crippen LogP) is 1.07. The lowest BCUT2D eigenvalue weighted by molar-refractivity contribution is -0.142. The van der Waals surface area contributed by atoms with Gasteiger partial charge in [0.15, 0.2) is 0 Å². The first-order chi connectivity index (χ1) is 8.01. The Morgan fingerprint density at radius 2 is 2.12 bits per heavy atom. The Balaban J connectivity index is 1.90. The maximum absolute atomic E-state index is 12.0. The fourth-order valence-corrected chi connectivity index (χ4v) is 2.58. The second kappa shape index (κ2) is 4.64. The van der Waals surface area contributed by atoms with Gasteiger partial charge in [0.05, 0.1) is 18.1 Å². The van der Waals surface area contributed by atoms with Gasteiger partial charge in [0.25, 0.3) is 0 Å². The summed E-state index contributed by atoms with van der Waals surface area (Å²) in [5.41, 5.74) is -0.516. The van der Waals surface area contributed by atoms with Crippen molar-refractivity contribution in [2.75, 3.05) is 0 Å². The van der Waals surface area contributed by atoms with Gasteiger partial charge in [0.2, 0.25) is 5.91 Å². The van der Waals surface area contributed by atoms with Crippen molar-refractivity contribution in [2.24, 2.45) is 0 Å². The fourth-order valence-electron chi connectivity index (χ4n) is 2.58. The Bertz CT molecular complexity index is 324. The number of amides is 1. The normalized spacial score (nSPS) is 30.6. The zero-order valence-electron chi connectivity index (χ0n) is 10.1. The molecule has 2 N–H and O–H groups in total. The minimum Gasteiger partial charge on any atom is -0.481 e. The molecule has 0 aromatic rings. The van der Waals surface area contributed by atoms with E-state index in [4.69, 9.17) is 9.84 Å². The van der Waals surface area contributed by atoms with Gasteiger partial charge in [0.1, 0.15) is 6.10 Å². The first-order valence-electron chi connectivity index (χ1n) is 6.20. The van der Waals surface area contributed by atoms with Crippen molar-refractivity contribution in [3.63, 3.8) is 0 Å². The van der Waals surface area contributed by atoms with Gasteiger partial charge >= 0.3 is 5.97 Å². The molecule has 2 aliphatic rings. The molecule has 1 aliphatic carbocycles. The number of rotatable bonds is 4. The average Bonchev–Trinajstić information content (AvgIpc) is 2.60. The molecule has 0 radical (unpaired) electrons. The van der Waals surface area contributed by atoms with Gasteiger partial charge in [-0.05, 0) is 39.0 Å². The van der Waals surface area contributed by atoms with Crippen LogP contribution in [0.15, 0.2) is 0 Å². The van der Waals surface area contributed by atoms with Crippen molar-refractivity contribution in [1.29, 1.82) is 0 Å². The van der Waals surface area contributed by atoms with Crippen LogP contribution >= 0.6 is 0 Å². The largest absolute Gasteiger partial charge is 0.481 e. The number of aliphatic carboxylic acids is 1. The molecule has 1 saturated carbocycles. The van der Waals surface area contributed by atoms with Crippen LogP contribution < -0.4 is 5.32 Å². The lowest BCUT2D eigenvalue weighted by Crippen LogP contribution is -2.57. The highest BCUT2D eigenvalue weighted by Crippen LogP contribution is 2.35. The molecule has 5 heteroatoms. The maximum Gasteiger partial charge on any atom is 0.305 e. The Kier molecular flexibility index (Phi) is 3.38. The lowest BCUT2D eigenvalue weighted by Gasteiger charge is -2.42. The highest BCUT2D eigenvalue weighted by molar-refractivity contribution is 5.82. The van der Waals surface area contributed by atoms with Gasteiger partial charge in [0, 0.05) is 0 Å². The molecule has 0 aromatic heterocycles. The van der Waals surface area contributed by atoms with Crippen molar-refractivity contribution in [3.05, 3.63) is 0 Å². The van der Waals surface area contributed by atoms with Crippen LogP contribution in [0.2, 0.25) is 0 Å². The first kappa shape index (κ1) is 12.4. The van der Waals surface area contributed by atoms with Gasteiger partial charge in [-0.15, -0.1) is 0 Å². The molecule has 1 amide bonds. The summed E-state index contributed by atoms with van der Waals surface area (Å²) in [6, 6.07) is 0. The van der Waals surface area contributed by atoms with E-state index in [2.05, 4.69) is 5.32 Å². The molecule has 96 valence electrons. The Morgan fingerprint density at radius 3 is 2.53 bits per heavy atom. The molecule has 1 heterocycles. The molecular weight excluding hydrogens is 222 g/mol. The summed E-state index contributed by atoms with van der Waals surface area (Å²) >= 11 is 0. The number of carbonyl (C=O) groups is 2. The van der Waals surface area contributed by atoms with Crippen molar-refractivity contribution >= 4 is 11.9 Å². The topological polar surface area (TPSA) is 75.6 Å². The van der Waals surface area contributed by atoms with Crippen molar-refractivity contribution in [2.45, 2.75) is 63.2 Å². The van der Waals surface area contributed by atoms with Crippen LogP contribution in [0.5, 0.6) is 0 Å². The molecule has 1 aliphatic heterocycles. The average molecular weight is 241 g/mol. The van der Waals surface area contributed by atoms with Gasteiger partial charge < -0.3 is 15.2 Å². The summed E-state index contributed by atoms with van der Waals surface area (Å²) in [5.74, 6) is -0.999. The summed E-state index contributed by atoms with van der Waals surface area (Å²) in [6.45, 7) is 1.95. The summed E-state index contributed by atoms with van der Waals surface area (Å²) < 4.78 is 5.48. The van der Waals surface area contributed by atoms with Gasteiger partial charge in [-0.25, -0.2) is 0 Å². The monoisotopic (exact) mass is 241 g/mol. The summed E-state index contributed by atoms with van der Waals surface area (Å²) in [4.78, 5) is 22.7. The van der Waals surface area contributed by atoms with Gasteiger partial charge in [-0.3, -0.25) is 9.59 Å². The molecule has 0 spiro atoms. The minimum absolute atomic E-state index is 0.0149. The minimum atomic E-state index is -0.856. The molecule has 0 bridgehead atoms. The van der Waals surface area contributed by atoms with Crippen LogP contribution in [0.4, 0.5) is 0 Å². The third kappa shape index (κ3) is 2.77. The van der Waals surface area contributed by atoms with E-state index in [9.17, 15) is 9.59 Å². The number of carbonyl (C=O) groups excluding carboxylic acids is 1. The molecular formula is C12H19NO4. The van der Waals surface area contributed by atoms with Crippen LogP contribution in [0, 0.1) is 0 Å². The van der Waals surface area contributed by atoms with E-state index < -0.39 is 17.6 Å². The SMILES string of the molecule is CC1CCC(C(=O)NC2(CC(=O)O)CCC2)O1. The number of nitrogens with one attached hydrogen (secondary N) is 1. The van der Waals surface area contributed by atoms with Crippen LogP contribution in [-0.4, -0.2) is 34.7 Å². The van der Waals surface area contributed by atoms with E-state index in [1.807, 2.05) is 6.92 Å². The van der Waals surface area contributed by atoms with Crippen molar-refractivity contribution in [3.8, 4) is 0 Å². The zero-order chi connectivity index (χ0) is 12.5. The van der Waals surface area contributed by atoms with E-state index >= 15 is 0 Å². The van der Waals surface area contributed by atoms with Gasteiger partial charge in [-0.2, -0.15) is 0 Å². The van der Waals surface area contributed by atoms with E-state index in [0.717, 1.165) is 32.1 Å². The predicted molar refractivity (Wildman–Crippen MR) is 60.5 cm³/mol. The van der Waals surface area contributed by atoms with Gasteiger partial charge in [-0.1, -0.05) is 0 Å². The van der Waals surface area contributed by atoms with Crippen molar-refractivity contribution in [1.82, 2.24) is 5.32 Å². The molecule has 0 aromatic carbocycles. The van der Waals surface area contributed by atoms with Crippen LogP contribution in [-0.2, 0) is 14.3 Å². The summed E-state index contributed by atoms with van der Waals surface area (Å²) in [7, 11) is 0.